The highest BCUT2D eigenvalue weighted by Gasteiger charge is 2.16. The molecule has 0 aromatic heterocycles. The molecule has 1 heterocycles. The van der Waals surface area contributed by atoms with Gasteiger partial charge in [-0.1, -0.05) is 0 Å². The molecule has 7 heavy (non-hydrogen) atoms. The van der Waals surface area contributed by atoms with Crippen molar-refractivity contribution in [2.75, 3.05) is 13.2 Å². The van der Waals surface area contributed by atoms with E-state index in [1.807, 2.05) is 0 Å². The summed E-state index contributed by atoms with van der Waals surface area (Å²) in [6.45, 7) is 0.884. The van der Waals surface area contributed by atoms with E-state index in [2.05, 4.69) is 0 Å². The number of hydrogen-bond acceptors (Lipinski definition) is 1. The molecule has 1 aliphatic heterocycles. The van der Waals surface area contributed by atoms with Crippen LogP contribution in [0.15, 0.2) is 0 Å². The second-order valence-corrected chi connectivity index (χ2v) is 1.77. The number of rotatable bonds is 2. The SMILES string of the molecule is [O]CCC1CCO1. The first-order chi connectivity index (χ1) is 3.43. The molecule has 0 aromatic carbocycles. The highest BCUT2D eigenvalue weighted by Crippen LogP contribution is 2.13. The van der Waals surface area contributed by atoms with Crippen LogP contribution in [0.25, 0.3) is 0 Å². The molecule has 1 fully saturated rings. The molecule has 0 spiro atoms. The molecule has 0 amide bonds. The van der Waals surface area contributed by atoms with Crippen LogP contribution in [0.1, 0.15) is 12.8 Å². The van der Waals surface area contributed by atoms with Crippen molar-refractivity contribution in [3.8, 4) is 0 Å². The van der Waals surface area contributed by atoms with E-state index in [0.29, 0.717) is 12.5 Å². The molecule has 0 saturated carbocycles. The van der Waals surface area contributed by atoms with Gasteiger partial charge in [-0.3, -0.25) is 0 Å². The molecule has 0 aromatic rings. The lowest BCUT2D eigenvalue weighted by molar-refractivity contribution is -0.0652. The van der Waals surface area contributed by atoms with Crippen molar-refractivity contribution in [2.45, 2.75) is 18.9 Å². The summed E-state index contributed by atoms with van der Waals surface area (Å²) in [4.78, 5) is 0. The molecule has 1 atom stereocenters. The van der Waals surface area contributed by atoms with Gasteiger partial charge in [-0.05, 0) is 6.42 Å². The molecule has 41 valence electrons. The van der Waals surface area contributed by atoms with E-state index in [0.717, 1.165) is 13.0 Å². The van der Waals surface area contributed by atoms with Crippen LogP contribution in [0.2, 0.25) is 0 Å². The summed E-state index contributed by atoms with van der Waals surface area (Å²) in [6.07, 6.45) is 2.12. The van der Waals surface area contributed by atoms with Crippen LogP contribution in [-0.2, 0) is 9.84 Å². The summed E-state index contributed by atoms with van der Waals surface area (Å²) < 4.78 is 4.97. The van der Waals surface area contributed by atoms with Crippen molar-refractivity contribution >= 4 is 0 Å². The zero-order valence-corrected chi connectivity index (χ0v) is 4.22. The Kier molecular flexibility index (Phi) is 1.65. The van der Waals surface area contributed by atoms with Crippen LogP contribution in [0.3, 0.4) is 0 Å². The van der Waals surface area contributed by atoms with Gasteiger partial charge in [0, 0.05) is 13.0 Å². The zero-order valence-electron chi connectivity index (χ0n) is 4.22. The molecule has 1 saturated heterocycles. The predicted octanol–water partition coefficient (Wildman–Crippen LogP) is 0.596. The standard InChI is InChI=1S/C5H9O2/c6-3-1-5-2-4-7-5/h5H,1-4H2. The van der Waals surface area contributed by atoms with Gasteiger partial charge in [-0.25, -0.2) is 5.11 Å². The van der Waals surface area contributed by atoms with Gasteiger partial charge in [0.15, 0.2) is 0 Å². The fraction of sp³-hybridized carbons (Fsp3) is 1.00. The number of ether oxygens (including phenoxy) is 1. The summed E-state index contributed by atoms with van der Waals surface area (Å²) in [5.74, 6) is 0. The Morgan fingerprint density at radius 3 is 2.57 bits per heavy atom. The van der Waals surface area contributed by atoms with E-state index in [1.54, 1.807) is 0 Å². The van der Waals surface area contributed by atoms with Crippen LogP contribution < -0.4 is 0 Å². The normalized spacial score (nSPS) is 29.6. The lowest BCUT2D eigenvalue weighted by Crippen LogP contribution is -2.27. The molecule has 1 rings (SSSR count). The van der Waals surface area contributed by atoms with E-state index in [1.165, 1.54) is 0 Å². The van der Waals surface area contributed by atoms with Gasteiger partial charge in [0.25, 0.3) is 0 Å². The van der Waals surface area contributed by atoms with Crippen LogP contribution in [0.5, 0.6) is 0 Å². The third-order valence-electron chi connectivity index (χ3n) is 1.23. The Bertz CT molecular complexity index is 50.0. The summed E-state index contributed by atoms with van der Waals surface area (Å²) in [6, 6.07) is 0. The molecule has 0 aliphatic carbocycles. The van der Waals surface area contributed by atoms with Crippen molar-refractivity contribution < 1.29 is 9.84 Å². The lowest BCUT2D eigenvalue weighted by atomic mass is 10.1. The first-order valence-corrected chi connectivity index (χ1v) is 2.63. The van der Waals surface area contributed by atoms with Crippen molar-refractivity contribution in [1.82, 2.24) is 0 Å². The Hall–Kier alpha value is -0.0800. The van der Waals surface area contributed by atoms with Gasteiger partial charge >= 0.3 is 0 Å². The molecular weight excluding hydrogens is 92.1 g/mol. The minimum Gasteiger partial charge on any atom is -0.378 e. The third kappa shape index (κ3) is 1.14. The lowest BCUT2D eigenvalue weighted by Gasteiger charge is -2.24. The van der Waals surface area contributed by atoms with Crippen LogP contribution >= 0.6 is 0 Å². The summed E-state index contributed by atoms with van der Waals surface area (Å²) in [5.41, 5.74) is 0. The molecule has 0 bridgehead atoms. The van der Waals surface area contributed by atoms with E-state index in [-0.39, 0.29) is 6.61 Å². The van der Waals surface area contributed by atoms with Crippen molar-refractivity contribution in [1.29, 1.82) is 0 Å². The second kappa shape index (κ2) is 2.28. The maximum atomic E-state index is 9.85. The quantitative estimate of drug-likeness (QED) is 0.500. The third-order valence-corrected chi connectivity index (χ3v) is 1.23. The maximum Gasteiger partial charge on any atom is 0.0847 e. The van der Waals surface area contributed by atoms with Gasteiger partial charge in [0.1, 0.15) is 0 Å². The maximum absolute atomic E-state index is 9.85. The highest BCUT2D eigenvalue weighted by molar-refractivity contribution is 4.64. The van der Waals surface area contributed by atoms with Gasteiger partial charge in [0.2, 0.25) is 0 Å². The Morgan fingerprint density at radius 2 is 2.43 bits per heavy atom. The van der Waals surface area contributed by atoms with Crippen LogP contribution in [-0.4, -0.2) is 19.3 Å². The van der Waals surface area contributed by atoms with E-state index < -0.39 is 0 Å². The average molecular weight is 101 g/mol. The fourth-order valence-corrected chi connectivity index (χ4v) is 0.644. The molecule has 2 heteroatoms. The van der Waals surface area contributed by atoms with Crippen LogP contribution in [0, 0.1) is 0 Å². The largest absolute Gasteiger partial charge is 0.378 e. The van der Waals surface area contributed by atoms with E-state index >= 15 is 0 Å². The highest BCUT2D eigenvalue weighted by atomic mass is 16.5. The van der Waals surface area contributed by atoms with E-state index in [9.17, 15) is 5.11 Å². The van der Waals surface area contributed by atoms with E-state index in [4.69, 9.17) is 4.74 Å². The summed E-state index contributed by atoms with van der Waals surface area (Å²) in [5, 5.41) is 9.85. The zero-order chi connectivity index (χ0) is 5.11. The monoisotopic (exact) mass is 101 g/mol. The molecule has 0 N–H and O–H groups in total. The fourth-order valence-electron chi connectivity index (χ4n) is 0.644. The van der Waals surface area contributed by atoms with Crippen molar-refractivity contribution in [3.63, 3.8) is 0 Å². The summed E-state index contributed by atoms with van der Waals surface area (Å²) >= 11 is 0. The van der Waals surface area contributed by atoms with Gasteiger partial charge in [-0.2, -0.15) is 0 Å². The molecule has 1 unspecified atom stereocenters. The average Bonchev–Trinajstić information content (AvgIpc) is 1.55. The molecule has 1 aliphatic rings. The second-order valence-electron chi connectivity index (χ2n) is 1.77. The molecule has 2 nitrogen and oxygen atoms in total. The van der Waals surface area contributed by atoms with Crippen LogP contribution in [0.4, 0.5) is 0 Å². The van der Waals surface area contributed by atoms with Crippen molar-refractivity contribution in [2.24, 2.45) is 0 Å². The Labute approximate surface area is 43.1 Å². The van der Waals surface area contributed by atoms with Crippen molar-refractivity contribution in [3.05, 3.63) is 0 Å². The smallest absolute Gasteiger partial charge is 0.0847 e. The van der Waals surface area contributed by atoms with Gasteiger partial charge < -0.3 is 4.74 Å². The number of hydrogen-bond donors (Lipinski definition) is 0. The predicted molar refractivity (Wildman–Crippen MR) is 24.5 cm³/mol. The minimum absolute atomic E-state index is 0.0185. The first kappa shape index (κ1) is 5.06. The Balaban J connectivity index is 1.93. The molecule has 1 radical (unpaired) electrons. The minimum atomic E-state index is 0.0185. The molecular formula is C5H9O2. The topological polar surface area (TPSA) is 29.1 Å². The Morgan fingerprint density at radius 1 is 1.71 bits per heavy atom. The first-order valence-electron chi connectivity index (χ1n) is 2.63. The summed E-state index contributed by atoms with van der Waals surface area (Å²) in [7, 11) is 0. The van der Waals surface area contributed by atoms with Gasteiger partial charge in [0.05, 0.1) is 12.7 Å². The van der Waals surface area contributed by atoms with Gasteiger partial charge in [-0.15, -0.1) is 0 Å².